The molecule has 1 aromatic heterocycles. The molecule has 0 bridgehead atoms. The maximum atomic E-state index is 13.1. The minimum Gasteiger partial charge on any atom is -0.490 e. The quantitative estimate of drug-likeness (QED) is 0.491. The van der Waals surface area contributed by atoms with E-state index < -0.39 is 5.97 Å². The Kier molecular flexibility index (Phi) is 8.74. The molecule has 2 aromatic rings. The summed E-state index contributed by atoms with van der Waals surface area (Å²) in [6.07, 6.45) is -0.260. The number of ether oxygens (including phenoxy) is 4. The third kappa shape index (κ3) is 5.91. The monoisotopic (exact) mass is 449 g/mol. The summed E-state index contributed by atoms with van der Waals surface area (Å²) in [7, 11) is 0. The van der Waals surface area contributed by atoms with Crippen molar-refractivity contribution < 1.29 is 28.5 Å². The van der Waals surface area contributed by atoms with Crippen LogP contribution in [0.2, 0.25) is 0 Å². The Morgan fingerprint density at radius 3 is 2.00 bits per heavy atom. The Morgan fingerprint density at radius 2 is 1.52 bits per heavy atom. The van der Waals surface area contributed by atoms with Crippen LogP contribution >= 0.6 is 11.3 Å². The molecule has 1 N–H and O–H groups in total. The molecular formula is C23H31NO6S. The second-order valence-corrected chi connectivity index (χ2v) is 8.22. The van der Waals surface area contributed by atoms with Crippen LogP contribution in [0.1, 0.15) is 65.8 Å². The number of benzene rings is 1. The van der Waals surface area contributed by atoms with Crippen LogP contribution in [0.4, 0.5) is 5.00 Å². The van der Waals surface area contributed by atoms with Crippen molar-refractivity contribution in [3.8, 4) is 17.2 Å². The summed E-state index contributed by atoms with van der Waals surface area (Å²) in [5.41, 5.74) is 1.51. The van der Waals surface area contributed by atoms with Crippen LogP contribution in [0.15, 0.2) is 12.1 Å². The van der Waals surface area contributed by atoms with E-state index in [2.05, 4.69) is 5.32 Å². The summed E-state index contributed by atoms with van der Waals surface area (Å²) >= 11 is 1.34. The lowest BCUT2D eigenvalue weighted by Gasteiger charge is -2.17. The second kappa shape index (κ2) is 11.0. The highest BCUT2D eigenvalue weighted by Gasteiger charge is 2.25. The molecule has 8 heteroatoms. The average molecular weight is 450 g/mol. The van der Waals surface area contributed by atoms with Crippen molar-refractivity contribution >= 4 is 28.2 Å². The molecule has 0 unspecified atom stereocenters. The lowest BCUT2D eigenvalue weighted by molar-refractivity contribution is 0.0379. The first-order valence-corrected chi connectivity index (χ1v) is 11.2. The molecule has 0 aliphatic heterocycles. The van der Waals surface area contributed by atoms with E-state index in [-0.39, 0.29) is 12.0 Å². The van der Waals surface area contributed by atoms with Crippen molar-refractivity contribution in [3.63, 3.8) is 0 Å². The fraction of sp³-hybridized carbons (Fsp3) is 0.478. The molecule has 1 amide bonds. The van der Waals surface area contributed by atoms with Crippen molar-refractivity contribution in [1.82, 2.24) is 0 Å². The van der Waals surface area contributed by atoms with E-state index in [1.54, 1.807) is 26.0 Å². The topological polar surface area (TPSA) is 83.1 Å². The fourth-order valence-corrected chi connectivity index (χ4v) is 3.97. The molecule has 31 heavy (non-hydrogen) atoms. The number of thiophene rings is 1. The lowest BCUT2D eigenvalue weighted by atomic mass is 10.1. The van der Waals surface area contributed by atoms with Crippen LogP contribution in [0.5, 0.6) is 17.2 Å². The lowest BCUT2D eigenvalue weighted by Crippen LogP contribution is -2.17. The van der Waals surface area contributed by atoms with Gasteiger partial charge in [0.05, 0.1) is 31.5 Å². The normalized spacial score (nSPS) is 10.7. The first-order valence-electron chi connectivity index (χ1n) is 10.4. The molecule has 2 rings (SSSR count). The summed E-state index contributed by atoms with van der Waals surface area (Å²) in [6, 6.07) is 3.23. The molecule has 0 aliphatic carbocycles. The predicted octanol–water partition coefficient (Wildman–Crippen LogP) is 5.38. The first kappa shape index (κ1) is 24.5. The molecule has 1 aromatic carbocycles. The predicted molar refractivity (Wildman–Crippen MR) is 122 cm³/mol. The molecule has 0 fully saturated rings. The fourth-order valence-electron chi connectivity index (χ4n) is 2.93. The molecule has 0 saturated carbocycles. The van der Waals surface area contributed by atoms with Gasteiger partial charge in [0.25, 0.3) is 5.91 Å². The summed E-state index contributed by atoms with van der Waals surface area (Å²) in [5.74, 6) is 0.484. The summed E-state index contributed by atoms with van der Waals surface area (Å²) in [4.78, 5) is 26.6. The number of hydrogen-bond acceptors (Lipinski definition) is 7. The van der Waals surface area contributed by atoms with E-state index in [0.717, 1.165) is 10.4 Å². The van der Waals surface area contributed by atoms with Gasteiger partial charge < -0.3 is 24.3 Å². The third-order valence-electron chi connectivity index (χ3n) is 4.33. The zero-order valence-electron chi connectivity index (χ0n) is 19.2. The molecule has 1 heterocycles. The first-order chi connectivity index (χ1) is 14.7. The molecule has 0 radical (unpaired) electrons. The number of rotatable bonds is 10. The van der Waals surface area contributed by atoms with Gasteiger partial charge in [0, 0.05) is 10.4 Å². The number of aryl methyl sites for hydroxylation is 1. The highest BCUT2D eigenvalue weighted by molar-refractivity contribution is 7.16. The maximum Gasteiger partial charge on any atom is 0.341 e. The number of carbonyl (C=O) groups is 2. The molecule has 0 spiro atoms. The van der Waals surface area contributed by atoms with Crippen LogP contribution < -0.4 is 19.5 Å². The average Bonchev–Trinajstić information content (AvgIpc) is 2.97. The van der Waals surface area contributed by atoms with Gasteiger partial charge >= 0.3 is 5.97 Å². The number of hydrogen-bond donors (Lipinski definition) is 1. The highest BCUT2D eigenvalue weighted by Crippen LogP contribution is 2.40. The number of nitrogens with one attached hydrogen (secondary N) is 1. The zero-order chi connectivity index (χ0) is 23.1. The van der Waals surface area contributed by atoms with E-state index in [1.807, 2.05) is 34.6 Å². The largest absolute Gasteiger partial charge is 0.490 e. The van der Waals surface area contributed by atoms with Gasteiger partial charge in [-0.1, -0.05) is 0 Å². The smallest absolute Gasteiger partial charge is 0.341 e. The van der Waals surface area contributed by atoms with E-state index in [1.165, 1.54) is 11.3 Å². The van der Waals surface area contributed by atoms with Crippen LogP contribution in [0.3, 0.4) is 0 Å². The van der Waals surface area contributed by atoms with Gasteiger partial charge in [-0.3, -0.25) is 4.79 Å². The molecule has 0 aliphatic rings. The number of anilines is 1. The maximum absolute atomic E-state index is 13.1. The van der Waals surface area contributed by atoms with Gasteiger partial charge in [-0.2, -0.15) is 0 Å². The van der Waals surface area contributed by atoms with Gasteiger partial charge in [0.1, 0.15) is 5.00 Å². The van der Waals surface area contributed by atoms with Gasteiger partial charge in [-0.25, -0.2) is 4.79 Å². The second-order valence-electron chi connectivity index (χ2n) is 7.00. The summed E-state index contributed by atoms with van der Waals surface area (Å²) < 4.78 is 22.4. The van der Waals surface area contributed by atoms with Crippen molar-refractivity contribution in [2.45, 2.75) is 54.6 Å². The van der Waals surface area contributed by atoms with E-state index >= 15 is 0 Å². The Labute approximate surface area is 187 Å². The summed E-state index contributed by atoms with van der Waals surface area (Å²) in [6.45, 7) is 14.1. The Hall–Kier alpha value is -2.74. The minimum atomic E-state index is -0.455. The third-order valence-corrected chi connectivity index (χ3v) is 5.45. The van der Waals surface area contributed by atoms with E-state index in [4.69, 9.17) is 18.9 Å². The van der Waals surface area contributed by atoms with Crippen LogP contribution in [-0.2, 0) is 4.74 Å². The number of carbonyl (C=O) groups excluding carboxylic acids is 2. The van der Waals surface area contributed by atoms with Crippen LogP contribution in [0, 0.1) is 13.8 Å². The van der Waals surface area contributed by atoms with Crippen molar-refractivity contribution in [2.24, 2.45) is 0 Å². The molecule has 0 saturated heterocycles. The highest BCUT2D eigenvalue weighted by atomic mass is 32.1. The Balaban J connectivity index is 2.44. The van der Waals surface area contributed by atoms with Crippen molar-refractivity contribution in [3.05, 3.63) is 33.7 Å². The van der Waals surface area contributed by atoms with Crippen molar-refractivity contribution in [2.75, 3.05) is 25.1 Å². The van der Waals surface area contributed by atoms with Gasteiger partial charge in [0.2, 0.25) is 5.75 Å². The van der Waals surface area contributed by atoms with Gasteiger partial charge in [-0.05, 0) is 66.2 Å². The van der Waals surface area contributed by atoms with Gasteiger partial charge in [-0.15, -0.1) is 11.3 Å². The zero-order valence-corrected chi connectivity index (χ0v) is 20.0. The Bertz CT molecular complexity index is 907. The van der Waals surface area contributed by atoms with Crippen molar-refractivity contribution in [1.29, 1.82) is 0 Å². The minimum absolute atomic E-state index is 0.260. The molecule has 7 nitrogen and oxygen atoms in total. The van der Waals surface area contributed by atoms with Crippen LogP contribution in [-0.4, -0.2) is 37.8 Å². The number of esters is 1. The molecular weight excluding hydrogens is 418 g/mol. The molecule has 170 valence electrons. The Morgan fingerprint density at radius 1 is 0.968 bits per heavy atom. The van der Waals surface area contributed by atoms with E-state index in [0.29, 0.717) is 53.2 Å². The van der Waals surface area contributed by atoms with Gasteiger partial charge in [0.15, 0.2) is 11.5 Å². The SMILES string of the molecule is CCOc1cc(C(=O)Nc2sc(C)c(C)c2C(=O)OC(C)C)cc(OCC)c1OCC. The summed E-state index contributed by atoms with van der Waals surface area (Å²) in [5, 5.41) is 3.31. The number of amides is 1. The van der Waals surface area contributed by atoms with Crippen LogP contribution in [0.25, 0.3) is 0 Å². The molecule has 0 atom stereocenters. The standard InChI is InChI=1S/C23H31NO6S/c1-8-27-17-11-16(12-18(28-9-2)20(17)29-10-3)21(25)24-22-19(14(6)15(7)31-22)23(26)30-13(4)5/h11-13H,8-10H2,1-7H3,(H,24,25). The van der Waals surface area contributed by atoms with E-state index in [9.17, 15) is 9.59 Å².